The topological polar surface area (TPSA) is 178 Å². The number of nitrogens with zero attached hydrogens (tertiary/aromatic N) is 1. The van der Waals surface area contributed by atoms with Gasteiger partial charge in [0.15, 0.2) is 0 Å². The van der Waals surface area contributed by atoms with Gasteiger partial charge in [0.2, 0.25) is 17.1 Å². The molecule has 6 rings (SSSR count). The summed E-state index contributed by atoms with van der Waals surface area (Å²) in [6.07, 6.45) is 0. The molecule has 0 saturated carbocycles. The van der Waals surface area contributed by atoms with Crippen LogP contribution in [0.5, 0.6) is 0 Å². The Kier molecular flexibility index (Phi) is 14.4. The van der Waals surface area contributed by atoms with E-state index < -0.39 is 38.1 Å². The number of fused-ring (bicyclic) bond motifs is 2. The van der Waals surface area contributed by atoms with Crippen molar-refractivity contribution in [2.45, 2.75) is 36.7 Å². The Labute approximate surface area is 341 Å². The van der Waals surface area contributed by atoms with Crippen molar-refractivity contribution >= 4 is 79.7 Å². The Morgan fingerprint density at radius 1 is 0.895 bits per heavy atom. The lowest BCUT2D eigenvalue weighted by Gasteiger charge is -2.17. The molecule has 4 aromatic carbocycles. The second kappa shape index (κ2) is 19.2. The number of halogens is 2. The molecule has 1 atom stereocenters. The molecule has 0 spiro atoms. The van der Waals surface area contributed by atoms with Gasteiger partial charge in [-0.3, -0.25) is 18.6 Å². The number of aromatic carboxylic acids is 1. The first-order valence-electron chi connectivity index (χ1n) is 17.1. The van der Waals surface area contributed by atoms with Crippen LogP contribution in [0.15, 0.2) is 88.7 Å². The summed E-state index contributed by atoms with van der Waals surface area (Å²) in [6.45, 7) is 1.38. The number of hydrogen-bond acceptors (Lipinski definition) is 12. The summed E-state index contributed by atoms with van der Waals surface area (Å²) in [5, 5.41) is 22.3. The van der Waals surface area contributed by atoms with E-state index >= 15 is 0 Å². The molecule has 298 valence electrons. The number of carbonyl (C=O) groups is 3. The van der Waals surface area contributed by atoms with Crippen molar-refractivity contribution in [2.24, 2.45) is 5.73 Å². The van der Waals surface area contributed by atoms with E-state index in [9.17, 15) is 37.9 Å². The molecule has 0 aliphatic carbocycles. The van der Waals surface area contributed by atoms with Gasteiger partial charge in [-0.25, -0.2) is 22.7 Å². The summed E-state index contributed by atoms with van der Waals surface area (Å²) in [4.78, 5) is 37.4. The molecule has 2 heterocycles. The van der Waals surface area contributed by atoms with Gasteiger partial charge in [0.25, 0.3) is 6.73 Å². The van der Waals surface area contributed by atoms with Crippen molar-refractivity contribution in [3.05, 3.63) is 113 Å². The van der Waals surface area contributed by atoms with Gasteiger partial charge in [-0.05, 0) is 66.1 Å². The minimum absolute atomic E-state index is 0.0780. The Bertz CT molecular complexity index is 2390. The fourth-order valence-corrected chi connectivity index (χ4v) is 11.6. The van der Waals surface area contributed by atoms with E-state index in [0.717, 1.165) is 21.8 Å². The molecule has 5 aromatic rings. The highest BCUT2D eigenvalue weighted by Crippen LogP contribution is 2.54. The maximum atomic E-state index is 14.6. The number of amides is 1. The van der Waals surface area contributed by atoms with Gasteiger partial charge in [-0.15, -0.1) is 0 Å². The first kappa shape index (κ1) is 42.6. The van der Waals surface area contributed by atoms with Crippen molar-refractivity contribution in [2.75, 3.05) is 24.6 Å². The third-order valence-corrected chi connectivity index (χ3v) is 14.5. The van der Waals surface area contributed by atoms with E-state index in [0.29, 0.717) is 51.5 Å². The maximum Gasteiger partial charge on any atom is 0.480 e. The molecule has 0 saturated heterocycles. The van der Waals surface area contributed by atoms with E-state index in [1.54, 1.807) is 66.1 Å². The summed E-state index contributed by atoms with van der Waals surface area (Å²) in [6, 6.07) is 20.4. The van der Waals surface area contributed by atoms with Crippen LogP contribution in [0.3, 0.4) is 0 Å². The van der Waals surface area contributed by atoms with Gasteiger partial charge in [0.05, 0.1) is 29.9 Å². The second-order valence-electron chi connectivity index (χ2n) is 12.3. The van der Waals surface area contributed by atoms with Crippen LogP contribution in [0.25, 0.3) is 33.3 Å². The van der Waals surface area contributed by atoms with Crippen LogP contribution in [0.4, 0.5) is 8.78 Å². The zero-order valence-electron chi connectivity index (χ0n) is 30.1. The van der Waals surface area contributed by atoms with Crippen molar-refractivity contribution < 1.29 is 56.1 Å². The summed E-state index contributed by atoms with van der Waals surface area (Å²) in [5.74, 6) is -3.56. The van der Waals surface area contributed by atoms with Crippen LogP contribution in [0.2, 0.25) is 0 Å². The third kappa shape index (κ3) is 10.4. The van der Waals surface area contributed by atoms with Crippen LogP contribution in [-0.4, -0.2) is 52.7 Å². The maximum absolute atomic E-state index is 14.6. The van der Waals surface area contributed by atoms with Gasteiger partial charge >= 0.3 is 19.8 Å². The Hall–Kier alpha value is -3.97. The fourth-order valence-electron chi connectivity index (χ4n) is 6.01. The van der Waals surface area contributed by atoms with Crippen LogP contribution >= 0.6 is 51.0 Å². The summed E-state index contributed by atoms with van der Waals surface area (Å²) >= 11 is 0. The molecule has 1 amide bonds. The van der Waals surface area contributed by atoms with Gasteiger partial charge in [-0.1, -0.05) is 73.5 Å². The number of carbonyl (C=O) groups excluding carboxylic acids is 1. The van der Waals surface area contributed by atoms with Crippen LogP contribution in [0, 0.1) is 18.6 Å². The molecule has 1 aliphatic heterocycles. The number of hydrogen-bond donors (Lipinski definition) is 4. The zero-order chi connectivity index (χ0) is 40.7. The lowest BCUT2D eigenvalue weighted by molar-refractivity contribution is -0.691. The van der Waals surface area contributed by atoms with E-state index in [1.165, 1.54) is 50.6 Å². The number of rotatable bonds is 16. The minimum atomic E-state index is -4.33. The molecule has 5 N–H and O–H groups in total. The van der Waals surface area contributed by atoms with E-state index in [-0.39, 0.29) is 52.7 Å². The lowest BCUT2D eigenvalue weighted by Crippen LogP contribution is -2.40. The molecule has 57 heavy (non-hydrogen) atoms. The highest BCUT2D eigenvalue weighted by Gasteiger charge is 2.36. The zero-order valence-corrected chi connectivity index (χ0v) is 34.2. The molecule has 0 bridgehead atoms. The van der Waals surface area contributed by atoms with Crippen LogP contribution in [-0.2, 0) is 47.7 Å². The Balaban J connectivity index is 1.30. The molecule has 1 aliphatic rings. The average Bonchev–Trinajstić information content (AvgIpc) is 3.34. The van der Waals surface area contributed by atoms with Crippen molar-refractivity contribution in [1.82, 2.24) is 5.32 Å². The predicted molar refractivity (Wildman–Crippen MR) is 218 cm³/mol. The highest BCUT2D eigenvalue weighted by molar-refractivity contribution is 8.78. The number of carboxylic acids is 2. The first-order valence-corrected chi connectivity index (χ1v) is 23.2. The Morgan fingerprint density at radius 2 is 1.53 bits per heavy atom. The lowest BCUT2D eigenvalue weighted by atomic mass is 9.95. The standard InChI is InChI=1S/C38H34F2N3O9PS4/c1-22-36(38(47)48)29-16-27(39)10-11-31(29)43(37(22)24-8-6-23(7-9-24)28-4-2-3-5-30(28)40)21-52-53(49)50-17-25-14-32(56-54-19-34(44)42-13-12-41)33(15-26(25)18-51-53)57-55-20-35(45)46/h2-11,14-16H,12-13,17-21,41H2,1H3,(H2-,42,44,45,46,47,48)/p+1. The third-order valence-electron chi connectivity index (χ3n) is 8.58. The number of phosphoric acid groups is 1. The van der Waals surface area contributed by atoms with Gasteiger partial charge in [0, 0.05) is 45.6 Å². The largest absolute Gasteiger partial charge is 0.481 e. The molecular formula is C38H35F2N3O9PS4+. The molecule has 12 nitrogen and oxygen atoms in total. The number of phosphoric ester groups is 1. The fraction of sp³-hybridized carbons (Fsp3) is 0.211. The molecule has 19 heteroatoms. The number of nitrogens with two attached hydrogens (primary N) is 1. The number of carboxylic acid groups (broad SMARTS) is 2. The monoisotopic (exact) mass is 874 g/mol. The number of aliphatic carboxylic acids is 1. The van der Waals surface area contributed by atoms with Crippen LogP contribution < -0.4 is 15.6 Å². The number of nitrogens with one attached hydrogen (secondary N) is 1. The SMILES string of the molecule is Cc1c(C(=O)O)c2cc(F)ccc2[n+](COP2(=O)OCc3cc(SSCC(=O)O)c(SSCC(=O)NCCN)cc3CO2)c1-c1ccc(-c2ccccc2F)cc1. The minimum Gasteiger partial charge on any atom is -0.481 e. The van der Waals surface area contributed by atoms with Crippen molar-refractivity contribution in [1.29, 1.82) is 0 Å². The predicted octanol–water partition coefficient (Wildman–Crippen LogP) is 8.22. The second-order valence-corrected chi connectivity index (χ2v) is 18.7. The number of aromatic nitrogens is 1. The van der Waals surface area contributed by atoms with Crippen LogP contribution in [0.1, 0.15) is 27.0 Å². The molecular weight excluding hydrogens is 840 g/mol. The molecule has 1 unspecified atom stereocenters. The van der Waals surface area contributed by atoms with E-state index in [2.05, 4.69) is 5.32 Å². The number of benzene rings is 4. The first-order chi connectivity index (χ1) is 27.4. The number of pyridine rings is 1. The molecule has 0 fully saturated rings. The molecule has 0 radical (unpaired) electrons. The quantitative estimate of drug-likeness (QED) is 0.0423. The van der Waals surface area contributed by atoms with Crippen molar-refractivity contribution in [3.63, 3.8) is 0 Å². The van der Waals surface area contributed by atoms with E-state index in [4.69, 9.17) is 19.3 Å². The Morgan fingerprint density at radius 3 is 2.14 bits per heavy atom. The smallest absolute Gasteiger partial charge is 0.480 e. The summed E-state index contributed by atoms with van der Waals surface area (Å²) < 4.78 is 62.5. The van der Waals surface area contributed by atoms with Crippen molar-refractivity contribution in [3.8, 4) is 22.4 Å². The van der Waals surface area contributed by atoms with Gasteiger partial charge in [0.1, 0.15) is 17.4 Å². The average molecular weight is 875 g/mol. The van der Waals surface area contributed by atoms with Gasteiger partial charge in [-0.2, -0.15) is 4.57 Å². The van der Waals surface area contributed by atoms with Gasteiger partial charge < -0.3 is 21.3 Å². The highest BCUT2D eigenvalue weighted by atomic mass is 33.1. The van der Waals surface area contributed by atoms with E-state index in [1.807, 2.05) is 0 Å². The summed E-state index contributed by atoms with van der Waals surface area (Å²) in [5.41, 5.74) is 8.93. The summed E-state index contributed by atoms with van der Waals surface area (Å²) in [7, 11) is 0.620. The normalized spacial score (nSPS) is 15.2. The molecule has 1 aromatic heterocycles.